The van der Waals surface area contributed by atoms with Gasteiger partial charge in [0.15, 0.2) is 0 Å². The van der Waals surface area contributed by atoms with Gasteiger partial charge in [0.1, 0.15) is 0 Å². The molecule has 3 rings (SSSR count). The lowest BCUT2D eigenvalue weighted by Gasteiger charge is -2.32. The molecule has 0 saturated carbocycles. The first-order valence-electron chi connectivity index (χ1n) is 9.10. The summed E-state index contributed by atoms with van der Waals surface area (Å²) in [5.41, 5.74) is 2.73. The van der Waals surface area contributed by atoms with Gasteiger partial charge in [0, 0.05) is 49.9 Å². The topological polar surface area (TPSA) is 66.4 Å². The second-order valence-electron chi connectivity index (χ2n) is 6.97. The Morgan fingerprint density at radius 1 is 1.33 bits per heavy atom. The van der Waals surface area contributed by atoms with Crippen LogP contribution in [0.2, 0.25) is 5.02 Å². The van der Waals surface area contributed by atoms with Crippen molar-refractivity contribution in [3.63, 3.8) is 0 Å². The molecule has 1 aliphatic heterocycles. The van der Waals surface area contributed by atoms with Crippen molar-refractivity contribution in [3.05, 3.63) is 41.2 Å². The van der Waals surface area contributed by atoms with Gasteiger partial charge in [-0.3, -0.25) is 0 Å². The van der Waals surface area contributed by atoms with E-state index < -0.39 is 10.0 Å². The van der Waals surface area contributed by atoms with Crippen LogP contribution < -0.4 is 4.90 Å². The molecule has 1 aliphatic rings. The molecule has 0 bridgehead atoms. The smallest absolute Gasteiger partial charge is 0.225 e. The highest BCUT2D eigenvalue weighted by atomic mass is 35.5. The maximum absolute atomic E-state index is 12.4. The van der Waals surface area contributed by atoms with E-state index in [0.717, 1.165) is 29.7 Å². The van der Waals surface area contributed by atoms with Crippen LogP contribution in [0.1, 0.15) is 31.4 Å². The summed E-state index contributed by atoms with van der Waals surface area (Å²) in [5.74, 6) is 0.759. The zero-order valence-electron chi connectivity index (χ0n) is 15.9. The summed E-state index contributed by atoms with van der Waals surface area (Å²) in [4.78, 5) is 11.1. The first-order chi connectivity index (χ1) is 12.8. The molecule has 0 N–H and O–H groups in total. The summed E-state index contributed by atoms with van der Waals surface area (Å²) < 4.78 is 26.3. The third-order valence-corrected chi connectivity index (χ3v) is 6.95. The molecular formula is C19H25ClN4O2S. The molecule has 0 aliphatic carbocycles. The summed E-state index contributed by atoms with van der Waals surface area (Å²) in [7, 11) is 0.577. The van der Waals surface area contributed by atoms with Crippen LogP contribution in [0.25, 0.3) is 11.1 Å². The van der Waals surface area contributed by atoms with Gasteiger partial charge in [0.05, 0.1) is 11.4 Å². The Bertz CT molecular complexity index is 918. The number of rotatable bonds is 5. The maximum Gasteiger partial charge on any atom is 0.225 e. The van der Waals surface area contributed by atoms with Crippen molar-refractivity contribution in [1.82, 2.24) is 14.3 Å². The van der Waals surface area contributed by atoms with Crippen LogP contribution in [0.15, 0.2) is 30.5 Å². The summed E-state index contributed by atoms with van der Waals surface area (Å²) in [6.07, 6.45) is 3.53. The van der Waals surface area contributed by atoms with Crippen LogP contribution in [0.5, 0.6) is 0 Å². The highest BCUT2D eigenvalue weighted by Crippen LogP contribution is 2.35. The van der Waals surface area contributed by atoms with Crippen molar-refractivity contribution in [3.8, 4) is 11.1 Å². The van der Waals surface area contributed by atoms with Crippen LogP contribution in [0.4, 0.5) is 5.95 Å². The molecule has 6 nitrogen and oxygen atoms in total. The standard InChI is InChI=1S/C19H25ClN4O2S/c1-4-27(25,26)24-10-6-8-15(13-24)18-17(12-21-19(22-18)23(2)3)14-7-5-9-16(20)11-14/h5,7,9,11-12,15H,4,6,8,10,13H2,1-3H3. The van der Waals surface area contributed by atoms with E-state index >= 15 is 0 Å². The molecule has 1 fully saturated rings. The average molecular weight is 409 g/mol. The number of hydrogen-bond donors (Lipinski definition) is 0. The summed E-state index contributed by atoms with van der Waals surface area (Å²) in [6.45, 7) is 2.71. The highest BCUT2D eigenvalue weighted by Gasteiger charge is 2.31. The maximum atomic E-state index is 12.4. The van der Waals surface area contributed by atoms with Gasteiger partial charge in [-0.1, -0.05) is 23.7 Å². The van der Waals surface area contributed by atoms with Gasteiger partial charge in [0.2, 0.25) is 16.0 Å². The second kappa shape index (κ2) is 8.12. The largest absolute Gasteiger partial charge is 0.347 e. The van der Waals surface area contributed by atoms with Crippen LogP contribution in [-0.4, -0.2) is 55.6 Å². The molecule has 2 heterocycles. The molecule has 27 heavy (non-hydrogen) atoms. The van der Waals surface area contributed by atoms with Crippen molar-refractivity contribution in [2.75, 3.05) is 37.8 Å². The lowest BCUT2D eigenvalue weighted by molar-refractivity contribution is 0.313. The molecule has 1 aromatic carbocycles. The second-order valence-corrected chi connectivity index (χ2v) is 9.67. The van der Waals surface area contributed by atoms with E-state index in [2.05, 4.69) is 4.98 Å². The van der Waals surface area contributed by atoms with Gasteiger partial charge in [-0.25, -0.2) is 22.7 Å². The Balaban J connectivity index is 2.05. The van der Waals surface area contributed by atoms with Gasteiger partial charge in [-0.05, 0) is 37.5 Å². The summed E-state index contributed by atoms with van der Waals surface area (Å²) in [5, 5.41) is 0.647. The van der Waals surface area contributed by atoms with Crippen LogP contribution >= 0.6 is 11.6 Å². The molecule has 0 spiro atoms. The molecule has 146 valence electrons. The van der Waals surface area contributed by atoms with Crippen molar-refractivity contribution in [1.29, 1.82) is 0 Å². The fraction of sp³-hybridized carbons (Fsp3) is 0.474. The van der Waals surface area contributed by atoms with Crippen molar-refractivity contribution in [2.45, 2.75) is 25.7 Å². The minimum atomic E-state index is -3.21. The van der Waals surface area contributed by atoms with E-state index in [-0.39, 0.29) is 11.7 Å². The third kappa shape index (κ3) is 4.42. The van der Waals surface area contributed by atoms with Crippen LogP contribution in [0, 0.1) is 0 Å². The number of piperidine rings is 1. The Labute approximate surface area is 166 Å². The number of sulfonamides is 1. The number of halogens is 1. The van der Waals surface area contributed by atoms with E-state index in [4.69, 9.17) is 16.6 Å². The zero-order chi connectivity index (χ0) is 19.6. The third-order valence-electron chi connectivity index (χ3n) is 4.87. The number of hydrogen-bond acceptors (Lipinski definition) is 5. The number of aromatic nitrogens is 2. The van der Waals surface area contributed by atoms with Gasteiger partial charge in [-0.2, -0.15) is 0 Å². The summed E-state index contributed by atoms with van der Waals surface area (Å²) in [6, 6.07) is 7.60. The molecule has 1 unspecified atom stereocenters. The van der Waals surface area contributed by atoms with E-state index in [1.54, 1.807) is 11.2 Å². The van der Waals surface area contributed by atoms with Crippen molar-refractivity contribution < 1.29 is 8.42 Å². The fourth-order valence-corrected chi connectivity index (χ4v) is 4.76. The zero-order valence-corrected chi connectivity index (χ0v) is 17.5. The first-order valence-corrected chi connectivity index (χ1v) is 11.1. The Kier molecular flexibility index (Phi) is 6.03. The van der Waals surface area contributed by atoms with Crippen LogP contribution in [-0.2, 0) is 10.0 Å². The lowest BCUT2D eigenvalue weighted by Crippen LogP contribution is -2.40. The predicted molar refractivity (Wildman–Crippen MR) is 110 cm³/mol. The predicted octanol–water partition coefficient (Wildman–Crippen LogP) is 3.39. The fourth-order valence-electron chi connectivity index (χ4n) is 3.39. The molecule has 0 radical (unpaired) electrons. The van der Waals surface area contributed by atoms with Gasteiger partial charge in [-0.15, -0.1) is 0 Å². The van der Waals surface area contributed by atoms with E-state index in [0.29, 0.717) is 24.1 Å². The van der Waals surface area contributed by atoms with Crippen LogP contribution in [0.3, 0.4) is 0 Å². The SMILES string of the molecule is CCS(=O)(=O)N1CCCC(c2nc(N(C)C)ncc2-c2cccc(Cl)c2)C1. The van der Waals surface area contributed by atoms with Crippen molar-refractivity contribution in [2.24, 2.45) is 0 Å². The minimum Gasteiger partial charge on any atom is -0.347 e. The molecule has 1 aromatic heterocycles. The van der Waals surface area contributed by atoms with E-state index in [1.165, 1.54) is 0 Å². The molecular weight excluding hydrogens is 384 g/mol. The van der Waals surface area contributed by atoms with Gasteiger partial charge < -0.3 is 4.90 Å². The number of anilines is 1. The first kappa shape index (κ1) is 20.0. The minimum absolute atomic E-state index is 0.0238. The van der Waals surface area contributed by atoms with Crippen molar-refractivity contribution >= 4 is 27.6 Å². The average Bonchev–Trinajstić information content (AvgIpc) is 2.67. The Morgan fingerprint density at radius 2 is 2.11 bits per heavy atom. The normalized spacial score (nSPS) is 18.4. The molecule has 1 atom stereocenters. The lowest BCUT2D eigenvalue weighted by atomic mass is 9.91. The van der Waals surface area contributed by atoms with Gasteiger partial charge in [0.25, 0.3) is 0 Å². The van der Waals surface area contributed by atoms with Gasteiger partial charge >= 0.3 is 0 Å². The number of benzene rings is 1. The molecule has 0 amide bonds. The Hall–Kier alpha value is -1.70. The highest BCUT2D eigenvalue weighted by molar-refractivity contribution is 7.89. The van der Waals surface area contributed by atoms with E-state index in [1.807, 2.05) is 49.5 Å². The monoisotopic (exact) mass is 408 g/mol. The quantitative estimate of drug-likeness (QED) is 0.758. The molecule has 2 aromatic rings. The Morgan fingerprint density at radius 3 is 2.78 bits per heavy atom. The molecule has 8 heteroatoms. The van der Waals surface area contributed by atoms with E-state index in [9.17, 15) is 8.42 Å². The summed E-state index contributed by atoms with van der Waals surface area (Å²) >= 11 is 6.18. The molecule has 1 saturated heterocycles. The number of nitrogens with zero attached hydrogens (tertiary/aromatic N) is 4.